The van der Waals surface area contributed by atoms with E-state index in [4.69, 9.17) is 10.5 Å². The lowest BCUT2D eigenvalue weighted by Crippen LogP contribution is -2.25. The molecule has 1 fully saturated rings. The molecule has 2 atom stereocenters. The van der Waals surface area contributed by atoms with Crippen molar-refractivity contribution in [3.63, 3.8) is 0 Å². The van der Waals surface area contributed by atoms with Crippen LogP contribution in [0.2, 0.25) is 0 Å². The third-order valence-corrected chi connectivity index (χ3v) is 3.90. The molecular weight excluding hydrogens is 222 g/mol. The molecule has 2 unspecified atom stereocenters. The predicted octanol–water partition coefficient (Wildman–Crippen LogP) is 3.33. The fourth-order valence-electron chi connectivity index (χ4n) is 2.85. The summed E-state index contributed by atoms with van der Waals surface area (Å²) in [6.45, 7) is 2.99. The Morgan fingerprint density at radius 1 is 1.17 bits per heavy atom. The molecule has 0 spiro atoms. The maximum Gasteiger partial charge on any atom is 0.0768 e. The molecule has 2 aromatic rings. The molecule has 1 aliphatic rings. The maximum absolute atomic E-state index is 6.39. The predicted molar refractivity (Wildman–Crippen MR) is 74.6 cm³/mol. The van der Waals surface area contributed by atoms with Gasteiger partial charge in [0.15, 0.2) is 0 Å². The van der Waals surface area contributed by atoms with E-state index in [0.717, 1.165) is 19.4 Å². The van der Waals surface area contributed by atoms with Crippen LogP contribution in [0.15, 0.2) is 36.4 Å². The third kappa shape index (κ3) is 1.92. The Kier molecular flexibility index (Phi) is 3.06. The van der Waals surface area contributed by atoms with Gasteiger partial charge in [0.25, 0.3) is 0 Å². The lowest BCUT2D eigenvalue weighted by atomic mass is 9.93. The topological polar surface area (TPSA) is 35.2 Å². The van der Waals surface area contributed by atoms with E-state index in [1.54, 1.807) is 0 Å². The van der Waals surface area contributed by atoms with E-state index in [2.05, 4.69) is 43.3 Å². The van der Waals surface area contributed by atoms with Gasteiger partial charge in [-0.25, -0.2) is 0 Å². The summed E-state index contributed by atoms with van der Waals surface area (Å²) >= 11 is 0. The molecular formula is C16H19NO. The number of hydrogen-bond acceptors (Lipinski definition) is 2. The number of rotatable bonds is 2. The fraction of sp³-hybridized carbons (Fsp3) is 0.375. The number of nitrogens with two attached hydrogens (primary N) is 1. The van der Waals surface area contributed by atoms with E-state index in [0.29, 0.717) is 0 Å². The molecule has 3 rings (SSSR count). The van der Waals surface area contributed by atoms with Crippen LogP contribution >= 0.6 is 0 Å². The van der Waals surface area contributed by atoms with Crippen LogP contribution in [0.3, 0.4) is 0 Å². The van der Waals surface area contributed by atoms with Crippen LogP contribution in [-0.2, 0) is 4.74 Å². The first-order valence-corrected chi connectivity index (χ1v) is 6.63. The van der Waals surface area contributed by atoms with Crippen LogP contribution < -0.4 is 5.73 Å². The monoisotopic (exact) mass is 241 g/mol. The van der Waals surface area contributed by atoms with Crippen molar-refractivity contribution >= 4 is 10.8 Å². The van der Waals surface area contributed by atoms with E-state index < -0.39 is 0 Å². The highest BCUT2D eigenvalue weighted by atomic mass is 16.5. The highest BCUT2D eigenvalue weighted by molar-refractivity contribution is 5.88. The zero-order valence-electron chi connectivity index (χ0n) is 10.7. The summed E-state index contributed by atoms with van der Waals surface area (Å²) in [5, 5.41) is 2.56. The lowest BCUT2D eigenvalue weighted by molar-refractivity contribution is 0.0904. The van der Waals surface area contributed by atoms with Crippen LogP contribution in [-0.4, -0.2) is 12.7 Å². The molecule has 0 bridgehead atoms. The molecule has 1 heterocycles. The van der Waals surface area contributed by atoms with Gasteiger partial charge < -0.3 is 10.5 Å². The molecule has 2 N–H and O–H groups in total. The molecule has 2 nitrogen and oxygen atoms in total. The second-order valence-electron chi connectivity index (χ2n) is 5.09. The Bertz CT molecular complexity index is 558. The van der Waals surface area contributed by atoms with Crippen molar-refractivity contribution in [1.29, 1.82) is 0 Å². The molecule has 94 valence electrons. The Morgan fingerprint density at radius 3 is 2.67 bits per heavy atom. The van der Waals surface area contributed by atoms with Crippen LogP contribution in [0, 0.1) is 6.92 Å². The van der Waals surface area contributed by atoms with E-state index in [1.807, 2.05) is 0 Å². The smallest absolute Gasteiger partial charge is 0.0768 e. The molecule has 0 aliphatic carbocycles. The molecule has 0 radical (unpaired) electrons. The summed E-state index contributed by atoms with van der Waals surface area (Å²) in [7, 11) is 0. The summed E-state index contributed by atoms with van der Waals surface area (Å²) in [5.41, 5.74) is 8.90. The molecule has 0 saturated carbocycles. The molecule has 18 heavy (non-hydrogen) atoms. The number of hydrogen-bond donors (Lipinski definition) is 1. The summed E-state index contributed by atoms with van der Waals surface area (Å²) in [6, 6.07) is 12.8. The van der Waals surface area contributed by atoms with Crippen molar-refractivity contribution in [2.24, 2.45) is 5.73 Å². The maximum atomic E-state index is 6.39. The van der Waals surface area contributed by atoms with Gasteiger partial charge in [0.2, 0.25) is 0 Å². The van der Waals surface area contributed by atoms with Crippen molar-refractivity contribution in [1.82, 2.24) is 0 Å². The Balaban J connectivity index is 2.08. The molecule has 2 heteroatoms. The van der Waals surface area contributed by atoms with Crippen molar-refractivity contribution in [2.75, 3.05) is 6.61 Å². The molecule has 1 aliphatic heterocycles. The fourth-order valence-corrected chi connectivity index (χ4v) is 2.85. The minimum atomic E-state index is -0.0157. The summed E-state index contributed by atoms with van der Waals surface area (Å²) < 4.78 is 5.72. The van der Waals surface area contributed by atoms with Crippen LogP contribution in [0.1, 0.15) is 30.0 Å². The van der Waals surface area contributed by atoms with Crippen molar-refractivity contribution in [3.05, 3.63) is 47.5 Å². The normalized spacial score (nSPS) is 21.3. The second kappa shape index (κ2) is 4.71. The lowest BCUT2D eigenvalue weighted by Gasteiger charge is -2.21. The highest BCUT2D eigenvalue weighted by Gasteiger charge is 2.25. The first-order valence-electron chi connectivity index (χ1n) is 6.63. The Labute approximate surface area is 108 Å². The van der Waals surface area contributed by atoms with Gasteiger partial charge in [0.1, 0.15) is 0 Å². The summed E-state index contributed by atoms with van der Waals surface area (Å²) in [6.07, 6.45) is 2.38. The van der Waals surface area contributed by atoms with Gasteiger partial charge >= 0.3 is 0 Å². The number of aryl methyl sites for hydroxylation is 1. The Hall–Kier alpha value is -1.38. The Morgan fingerprint density at radius 2 is 1.94 bits per heavy atom. The molecule has 1 saturated heterocycles. The van der Waals surface area contributed by atoms with Crippen LogP contribution in [0.25, 0.3) is 10.8 Å². The van der Waals surface area contributed by atoms with Gasteiger partial charge in [0, 0.05) is 6.61 Å². The van der Waals surface area contributed by atoms with Crippen molar-refractivity contribution in [3.8, 4) is 0 Å². The van der Waals surface area contributed by atoms with Gasteiger partial charge in [-0.3, -0.25) is 0 Å². The first-order chi connectivity index (χ1) is 8.77. The van der Waals surface area contributed by atoms with E-state index in [9.17, 15) is 0 Å². The minimum Gasteiger partial charge on any atom is -0.376 e. The number of ether oxygens (including phenoxy) is 1. The van der Waals surface area contributed by atoms with Gasteiger partial charge in [-0.2, -0.15) is 0 Å². The first kappa shape index (κ1) is 11.7. The van der Waals surface area contributed by atoms with Gasteiger partial charge in [-0.15, -0.1) is 0 Å². The van der Waals surface area contributed by atoms with E-state index >= 15 is 0 Å². The van der Waals surface area contributed by atoms with Crippen molar-refractivity contribution < 1.29 is 4.74 Å². The van der Waals surface area contributed by atoms with E-state index in [1.165, 1.54) is 21.9 Å². The quantitative estimate of drug-likeness (QED) is 0.875. The van der Waals surface area contributed by atoms with Crippen LogP contribution in [0.5, 0.6) is 0 Å². The minimum absolute atomic E-state index is 0.0157. The third-order valence-electron chi connectivity index (χ3n) is 3.90. The van der Waals surface area contributed by atoms with Gasteiger partial charge in [-0.05, 0) is 41.7 Å². The second-order valence-corrected chi connectivity index (χ2v) is 5.09. The average Bonchev–Trinajstić information content (AvgIpc) is 2.93. The number of fused-ring (bicyclic) bond motifs is 1. The molecule has 2 aromatic carbocycles. The average molecular weight is 241 g/mol. The zero-order valence-corrected chi connectivity index (χ0v) is 10.7. The van der Waals surface area contributed by atoms with Gasteiger partial charge in [-0.1, -0.05) is 36.4 Å². The summed E-state index contributed by atoms with van der Waals surface area (Å²) in [4.78, 5) is 0. The van der Waals surface area contributed by atoms with Crippen LogP contribution in [0.4, 0.5) is 0 Å². The van der Waals surface area contributed by atoms with Crippen molar-refractivity contribution in [2.45, 2.75) is 31.9 Å². The molecule has 0 aromatic heterocycles. The molecule has 0 amide bonds. The largest absolute Gasteiger partial charge is 0.376 e. The number of benzene rings is 2. The SMILES string of the molecule is Cc1ccc(C(N)C2CCCO2)c2ccccc12. The van der Waals surface area contributed by atoms with Gasteiger partial charge in [0.05, 0.1) is 12.1 Å². The zero-order chi connectivity index (χ0) is 12.5. The highest BCUT2D eigenvalue weighted by Crippen LogP contribution is 2.31. The summed E-state index contributed by atoms with van der Waals surface area (Å²) in [5.74, 6) is 0. The van der Waals surface area contributed by atoms with E-state index in [-0.39, 0.29) is 12.1 Å². The standard InChI is InChI=1S/C16H19NO/c1-11-8-9-14(13-6-3-2-5-12(11)13)16(17)15-7-4-10-18-15/h2-3,5-6,8-9,15-16H,4,7,10,17H2,1H3.